The van der Waals surface area contributed by atoms with Crippen molar-refractivity contribution < 1.29 is 14.3 Å². The maximum Gasteiger partial charge on any atom is 0.408 e. The van der Waals surface area contributed by atoms with Gasteiger partial charge in [0, 0.05) is 6.20 Å². The van der Waals surface area contributed by atoms with Gasteiger partial charge < -0.3 is 20.5 Å². The number of amides is 1. The van der Waals surface area contributed by atoms with Gasteiger partial charge in [-0.2, -0.15) is 5.10 Å². The summed E-state index contributed by atoms with van der Waals surface area (Å²) >= 11 is 0. The normalized spacial score (nSPS) is 23.3. The summed E-state index contributed by atoms with van der Waals surface area (Å²) in [5, 5.41) is 6.95. The van der Waals surface area contributed by atoms with Crippen LogP contribution in [0, 0.1) is 0 Å². The zero-order chi connectivity index (χ0) is 14.0. The highest BCUT2D eigenvalue weighted by molar-refractivity contribution is 5.68. The molecule has 1 aromatic heterocycles. The Kier molecular flexibility index (Phi) is 3.66. The van der Waals surface area contributed by atoms with E-state index in [0.717, 1.165) is 0 Å². The van der Waals surface area contributed by atoms with Gasteiger partial charge in [-0.15, -0.1) is 0 Å². The number of rotatable bonds is 2. The topological polar surface area (TPSA) is 91.4 Å². The highest BCUT2D eigenvalue weighted by Gasteiger charge is 2.32. The van der Waals surface area contributed by atoms with E-state index < -0.39 is 11.7 Å². The van der Waals surface area contributed by atoms with Crippen molar-refractivity contribution in [1.82, 2.24) is 15.1 Å². The number of aromatic nitrogens is 2. The van der Waals surface area contributed by atoms with Gasteiger partial charge in [-0.05, 0) is 20.8 Å². The van der Waals surface area contributed by atoms with Crippen LogP contribution in [0.4, 0.5) is 10.5 Å². The van der Waals surface area contributed by atoms with Gasteiger partial charge in [-0.1, -0.05) is 0 Å². The zero-order valence-corrected chi connectivity index (χ0v) is 11.4. The summed E-state index contributed by atoms with van der Waals surface area (Å²) < 4.78 is 12.3. The summed E-state index contributed by atoms with van der Waals surface area (Å²) in [5.41, 5.74) is 5.71. The van der Waals surface area contributed by atoms with E-state index in [4.69, 9.17) is 15.2 Å². The van der Waals surface area contributed by atoms with Crippen LogP contribution in [0.5, 0.6) is 0 Å². The van der Waals surface area contributed by atoms with Crippen LogP contribution in [0.1, 0.15) is 26.8 Å². The number of nitrogens with two attached hydrogens (primary N) is 1. The number of hydrogen-bond acceptors (Lipinski definition) is 5. The van der Waals surface area contributed by atoms with Crippen LogP contribution in [0.2, 0.25) is 0 Å². The molecule has 0 bridgehead atoms. The summed E-state index contributed by atoms with van der Waals surface area (Å²) in [6.45, 7) is 6.39. The van der Waals surface area contributed by atoms with Crippen molar-refractivity contribution in [2.24, 2.45) is 0 Å². The number of hydrogen-bond donors (Lipinski definition) is 2. The van der Waals surface area contributed by atoms with Gasteiger partial charge in [0.2, 0.25) is 0 Å². The molecule has 2 heterocycles. The monoisotopic (exact) mass is 268 g/mol. The Hall–Kier alpha value is -1.76. The lowest BCUT2D eigenvalue weighted by Crippen LogP contribution is -2.43. The maximum absolute atomic E-state index is 11.8. The van der Waals surface area contributed by atoms with Crippen molar-refractivity contribution in [2.75, 3.05) is 18.9 Å². The number of nitrogen functional groups attached to an aromatic ring is 1. The van der Waals surface area contributed by atoms with Crippen molar-refractivity contribution in [3.8, 4) is 0 Å². The van der Waals surface area contributed by atoms with Crippen LogP contribution < -0.4 is 11.1 Å². The standard InChI is InChI=1S/C12H20N4O3/c1-12(2,3)19-11(17)15-9-6-18-7-10(9)16-5-8(13)4-14-16/h4-5,9-10H,6-7,13H2,1-3H3,(H,15,17)/t9-,10+/m1/s1. The van der Waals surface area contributed by atoms with Crippen molar-refractivity contribution in [3.05, 3.63) is 12.4 Å². The minimum atomic E-state index is -0.519. The molecule has 19 heavy (non-hydrogen) atoms. The Bertz CT molecular complexity index is 452. The SMILES string of the molecule is CC(C)(C)OC(=O)N[C@@H]1COC[C@@H]1n1cc(N)cn1. The van der Waals surface area contributed by atoms with Crippen LogP contribution in [0.25, 0.3) is 0 Å². The van der Waals surface area contributed by atoms with E-state index in [-0.39, 0.29) is 12.1 Å². The van der Waals surface area contributed by atoms with Crippen LogP contribution in [0.3, 0.4) is 0 Å². The predicted octanol–water partition coefficient (Wildman–Crippen LogP) is 0.930. The number of ether oxygens (including phenoxy) is 2. The molecule has 2 atom stereocenters. The third-order valence-electron chi connectivity index (χ3n) is 2.71. The molecule has 0 saturated carbocycles. The first-order valence-corrected chi connectivity index (χ1v) is 6.22. The average molecular weight is 268 g/mol. The molecule has 1 fully saturated rings. The maximum atomic E-state index is 11.8. The van der Waals surface area contributed by atoms with Gasteiger partial charge in [-0.3, -0.25) is 4.68 Å². The van der Waals surface area contributed by atoms with E-state index in [2.05, 4.69) is 10.4 Å². The second-order valence-electron chi connectivity index (χ2n) is 5.61. The lowest BCUT2D eigenvalue weighted by atomic mass is 10.2. The molecule has 0 spiro atoms. The van der Waals surface area contributed by atoms with Gasteiger partial charge in [0.15, 0.2) is 0 Å². The first-order valence-electron chi connectivity index (χ1n) is 6.22. The molecular weight excluding hydrogens is 248 g/mol. The molecule has 106 valence electrons. The van der Waals surface area contributed by atoms with Crippen molar-refractivity contribution >= 4 is 11.8 Å². The fraction of sp³-hybridized carbons (Fsp3) is 0.667. The highest BCUT2D eigenvalue weighted by atomic mass is 16.6. The molecule has 0 unspecified atom stereocenters. The largest absolute Gasteiger partial charge is 0.444 e. The smallest absolute Gasteiger partial charge is 0.408 e. The van der Waals surface area contributed by atoms with E-state index in [1.54, 1.807) is 17.1 Å². The minimum absolute atomic E-state index is 0.0650. The zero-order valence-electron chi connectivity index (χ0n) is 11.4. The molecule has 1 saturated heterocycles. The Morgan fingerprint density at radius 3 is 2.89 bits per heavy atom. The summed E-state index contributed by atoms with van der Waals surface area (Å²) in [6.07, 6.45) is 2.85. The van der Waals surface area contributed by atoms with Gasteiger partial charge in [0.25, 0.3) is 0 Å². The Balaban J connectivity index is 1.98. The molecule has 2 rings (SSSR count). The van der Waals surface area contributed by atoms with Gasteiger partial charge in [0.1, 0.15) is 5.60 Å². The fourth-order valence-corrected chi connectivity index (χ4v) is 1.93. The summed E-state index contributed by atoms with van der Waals surface area (Å²) in [4.78, 5) is 11.8. The Morgan fingerprint density at radius 1 is 1.58 bits per heavy atom. The van der Waals surface area contributed by atoms with Gasteiger partial charge in [-0.25, -0.2) is 4.79 Å². The molecule has 0 aliphatic carbocycles. The lowest BCUT2D eigenvalue weighted by Gasteiger charge is -2.23. The molecule has 1 aliphatic heterocycles. The highest BCUT2D eigenvalue weighted by Crippen LogP contribution is 2.20. The predicted molar refractivity (Wildman–Crippen MR) is 69.7 cm³/mol. The first kappa shape index (κ1) is 13.7. The summed E-state index contributed by atoms with van der Waals surface area (Å²) in [6, 6.07) is -0.237. The third kappa shape index (κ3) is 3.60. The van der Waals surface area contributed by atoms with Crippen LogP contribution >= 0.6 is 0 Å². The molecule has 3 N–H and O–H groups in total. The van der Waals surface area contributed by atoms with E-state index in [1.165, 1.54) is 0 Å². The third-order valence-corrected chi connectivity index (χ3v) is 2.71. The second-order valence-corrected chi connectivity index (χ2v) is 5.61. The van der Waals surface area contributed by atoms with Gasteiger partial charge >= 0.3 is 6.09 Å². The lowest BCUT2D eigenvalue weighted by molar-refractivity contribution is 0.0491. The summed E-state index contributed by atoms with van der Waals surface area (Å²) in [7, 11) is 0. The van der Waals surface area contributed by atoms with Crippen molar-refractivity contribution in [3.63, 3.8) is 0 Å². The molecule has 1 amide bonds. The molecular formula is C12H20N4O3. The Morgan fingerprint density at radius 2 is 2.32 bits per heavy atom. The average Bonchev–Trinajstić information content (AvgIpc) is 2.83. The number of nitrogens with zero attached hydrogens (tertiary/aromatic N) is 2. The van der Waals surface area contributed by atoms with Crippen molar-refractivity contribution in [2.45, 2.75) is 38.5 Å². The van der Waals surface area contributed by atoms with E-state index >= 15 is 0 Å². The van der Waals surface area contributed by atoms with Crippen molar-refractivity contribution in [1.29, 1.82) is 0 Å². The second kappa shape index (κ2) is 5.08. The van der Waals surface area contributed by atoms with Crippen LogP contribution in [-0.4, -0.2) is 40.7 Å². The molecule has 0 radical (unpaired) electrons. The van der Waals surface area contributed by atoms with E-state index in [0.29, 0.717) is 18.9 Å². The Labute approximate surface area is 112 Å². The van der Waals surface area contributed by atoms with E-state index in [9.17, 15) is 4.79 Å². The van der Waals surface area contributed by atoms with Crippen LogP contribution in [-0.2, 0) is 9.47 Å². The van der Waals surface area contributed by atoms with Gasteiger partial charge in [0.05, 0.1) is 37.2 Å². The quantitative estimate of drug-likeness (QED) is 0.832. The molecule has 7 heteroatoms. The molecule has 7 nitrogen and oxygen atoms in total. The summed E-state index contributed by atoms with van der Waals surface area (Å²) in [5.74, 6) is 0. The fourth-order valence-electron chi connectivity index (χ4n) is 1.93. The minimum Gasteiger partial charge on any atom is -0.444 e. The number of carbonyl (C=O) groups excluding carboxylic acids is 1. The number of nitrogens with one attached hydrogen (secondary N) is 1. The number of alkyl carbamates (subject to hydrolysis) is 1. The first-order chi connectivity index (χ1) is 8.85. The number of anilines is 1. The van der Waals surface area contributed by atoms with Crippen LogP contribution in [0.15, 0.2) is 12.4 Å². The number of carbonyl (C=O) groups is 1. The molecule has 1 aliphatic rings. The molecule has 1 aromatic rings. The van der Waals surface area contributed by atoms with E-state index in [1.807, 2.05) is 20.8 Å². The molecule has 0 aromatic carbocycles.